The molecule has 0 saturated heterocycles. The van der Waals surface area contributed by atoms with E-state index < -0.39 is 0 Å². The van der Waals surface area contributed by atoms with Crippen LogP contribution in [-0.4, -0.2) is 0 Å². The number of rotatable bonds is 6. The van der Waals surface area contributed by atoms with E-state index >= 15 is 0 Å². The molecule has 0 radical (unpaired) electrons. The van der Waals surface area contributed by atoms with Crippen molar-refractivity contribution in [3.63, 3.8) is 0 Å². The zero-order chi connectivity index (χ0) is 20.1. The minimum absolute atomic E-state index is 0.603. The fraction of sp³-hybridized carbons (Fsp3) is 0. The minimum atomic E-state index is 0.603. The van der Waals surface area contributed by atoms with Crippen LogP contribution in [0.15, 0.2) is 97.1 Å². The van der Waals surface area contributed by atoms with Crippen molar-refractivity contribution in [1.29, 1.82) is 0 Å². The van der Waals surface area contributed by atoms with Gasteiger partial charge in [-0.15, -0.1) is 0 Å². The van der Waals surface area contributed by atoms with Crippen LogP contribution in [0.3, 0.4) is 0 Å². The molecule has 0 spiro atoms. The zero-order valence-corrected chi connectivity index (χ0v) is 17.8. The normalized spacial score (nSPS) is 11.4. The third kappa shape index (κ3) is 5.57. The fourth-order valence-corrected chi connectivity index (χ4v) is 4.81. The van der Waals surface area contributed by atoms with Crippen molar-refractivity contribution in [2.45, 2.75) is 0 Å². The average Bonchev–Trinajstić information content (AvgIpc) is 2.74. The molecule has 0 aromatic heterocycles. The van der Waals surface area contributed by atoms with E-state index in [-0.39, 0.29) is 0 Å². The molecule has 144 valence electrons. The molecule has 4 aromatic carbocycles. The monoisotopic (exact) mass is 416 g/mol. The van der Waals surface area contributed by atoms with Crippen LogP contribution < -0.4 is 37.4 Å². The molecule has 0 bridgehead atoms. The third-order valence-corrected chi connectivity index (χ3v) is 6.83. The van der Waals surface area contributed by atoms with E-state index in [2.05, 4.69) is 48.5 Å². The van der Waals surface area contributed by atoms with Gasteiger partial charge in [-0.2, -0.15) is 0 Å². The number of hydrogen-bond donors (Lipinski definition) is 2. The number of nitrogen functional groups attached to an aromatic ring is 2. The Morgan fingerprint density at radius 1 is 0.414 bits per heavy atom. The maximum absolute atomic E-state index is 5.99. The number of anilines is 2. The van der Waals surface area contributed by atoms with Crippen LogP contribution in [-0.2, 0) is 0 Å². The standard InChI is InChI=1S/C24H22N2OP2/c25-17-1-9-21(10-2-17)28-23-13-5-19(6-14-23)27-20-7-15-24(16-8-20)29-22-11-3-18(26)4-12-22/h1-16,28-29H,25-26H2. The summed E-state index contributed by atoms with van der Waals surface area (Å²) in [6.07, 6.45) is 0. The van der Waals surface area contributed by atoms with Gasteiger partial charge in [-0.1, -0.05) is 65.7 Å². The smallest absolute Gasteiger partial charge is 0.127 e. The van der Waals surface area contributed by atoms with E-state index in [0.29, 0.717) is 17.2 Å². The van der Waals surface area contributed by atoms with E-state index in [1.807, 2.05) is 48.5 Å². The summed E-state index contributed by atoms with van der Waals surface area (Å²) in [7, 11) is 1.21. The Labute approximate surface area is 174 Å². The van der Waals surface area contributed by atoms with Crippen LogP contribution in [0, 0.1) is 0 Å². The van der Waals surface area contributed by atoms with E-state index in [4.69, 9.17) is 16.2 Å². The van der Waals surface area contributed by atoms with E-state index in [1.165, 1.54) is 21.2 Å². The Kier molecular flexibility index (Phi) is 6.10. The molecule has 29 heavy (non-hydrogen) atoms. The Bertz CT molecular complexity index is 973. The summed E-state index contributed by atoms with van der Waals surface area (Å²) in [5.41, 5.74) is 13.1. The first-order valence-electron chi connectivity index (χ1n) is 9.27. The Morgan fingerprint density at radius 2 is 0.690 bits per heavy atom. The molecule has 2 unspecified atom stereocenters. The molecule has 0 amide bonds. The van der Waals surface area contributed by atoms with Gasteiger partial charge in [0.15, 0.2) is 0 Å². The predicted molar refractivity (Wildman–Crippen MR) is 130 cm³/mol. The first-order valence-corrected chi connectivity index (χ1v) is 11.3. The highest BCUT2D eigenvalue weighted by Crippen LogP contribution is 2.22. The van der Waals surface area contributed by atoms with Crippen LogP contribution in [0.4, 0.5) is 11.4 Å². The highest BCUT2D eigenvalue weighted by atomic mass is 31.1. The molecule has 5 heteroatoms. The number of ether oxygens (including phenoxy) is 1. The highest BCUT2D eigenvalue weighted by Gasteiger charge is 2.02. The molecular weight excluding hydrogens is 394 g/mol. The van der Waals surface area contributed by atoms with Gasteiger partial charge in [0.05, 0.1) is 0 Å². The van der Waals surface area contributed by atoms with Gasteiger partial charge in [0, 0.05) is 11.4 Å². The van der Waals surface area contributed by atoms with Gasteiger partial charge in [-0.05, 0) is 69.7 Å². The van der Waals surface area contributed by atoms with Crippen LogP contribution in [0.5, 0.6) is 11.5 Å². The van der Waals surface area contributed by atoms with Gasteiger partial charge in [0.2, 0.25) is 0 Å². The van der Waals surface area contributed by atoms with Crippen LogP contribution >= 0.6 is 17.2 Å². The molecular formula is C24H22N2OP2. The molecule has 0 aliphatic heterocycles. The Morgan fingerprint density at radius 3 is 1.00 bits per heavy atom. The van der Waals surface area contributed by atoms with Crippen molar-refractivity contribution in [3.05, 3.63) is 97.1 Å². The summed E-state index contributed by atoms with van der Waals surface area (Å²) in [6, 6.07) is 32.6. The quantitative estimate of drug-likeness (QED) is 0.370. The molecule has 0 fully saturated rings. The zero-order valence-electron chi connectivity index (χ0n) is 15.8. The summed E-state index contributed by atoms with van der Waals surface area (Å²) in [5, 5.41) is 5.07. The number of hydrogen-bond acceptors (Lipinski definition) is 3. The van der Waals surface area contributed by atoms with E-state index in [1.54, 1.807) is 0 Å². The minimum Gasteiger partial charge on any atom is -0.457 e. The molecule has 3 nitrogen and oxygen atoms in total. The van der Waals surface area contributed by atoms with Gasteiger partial charge < -0.3 is 16.2 Å². The topological polar surface area (TPSA) is 61.3 Å². The van der Waals surface area contributed by atoms with Crippen molar-refractivity contribution in [1.82, 2.24) is 0 Å². The molecule has 0 aliphatic carbocycles. The second kappa shape index (κ2) is 9.09. The summed E-state index contributed by atoms with van der Waals surface area (Å²) in [6.45, 7) is 0. The van der Waals surface area contributed by atoms with Crippen LogP contribution in [0.2, 0.25) is 0 Å². The maximum Gasteiger partial charge on any atom is 0.127 e. The second-order valence-corrected chi connectivity index (χ2v) is 9.45. The second-order valence-electron chi connectivity index (χ2n) is 6.64. The summed E-state index contributed by atoms with van der Waals surface area (Å²) in [5.74, 6) is 1.68. The third-order valence-electron chi connectivity index (χ3n) is 4.34. The highest BCUT2D eigenvalue weighted by molar-refractivity contribution is 7.55. The maximum atomic E-state index is 5.99. The number of benzene rings is 4. The molecule has 0 aliphatic rings. The van der Waals surface area contributed by atoms with Gasteiger partial charge >= 0.3 is 0 Å². The first-order chi connectivity index (χ1) is 14.1. The van der Waals surface area contributed by atoms with Crippen molar-refractivity contribution in [2.75, 3.05) is 11.5 Å². The molecule has 4 rings (SSSR count). The van der Waals surface area contributed by atoms with Crippen LogP contribution in [0.25, 0.3) is 0 Å². The van der Waals surface area contributed by atoms with E-state index in [0.717, 1.165) is 22.9 Å². The van der Waals surface area contributed by atoms with Gasteiger partial charge in [0.1, 0.15) is 11.5 Å². The van der Waals surface area contributed by atoms with Gasteiger partial charge in [-0.3, -0.25) is 0 Å². The van der Waals surface area contributed by atoms with Crippen LogP contribution in [0.1, 0.15) is 0 Å². The molecule has 0 heterocycles. The SMILES string of the molecule is Nc1ccc(Pc2ccc(Oc3ccc(Pc4ccc(N)cc4)cc3)cc2)cc1. The fourth-order valence-electron chi connectivity index (χ4n) is 2.81. The molecule has 4 aromatic rings. The first kappa shape index (κ1) is 19.5. The van der Waals surface area contributed by atoms with Gasteiger partial charge in [0.25, 0.3) is 0 Å². The van der Waals surface area contributed by atoms with Crippen molar-refractivity contribution in [2.24, 2.45) is 0 Å². The average molecular weight is 416 g/mol. The van der Waals surface area contributed by atoms with Gasteiger partial charge in [-0.25, -0.2) is 0 Å². The number of nitrogens with two attached hydrogens (primary N) is 2. The molecule has 4 N–H and O–H groups in total. The molecule has 0 saturated carbocycles. The van der Waals surface area contributed by atoms with E-state index in [9.17, 15) is 0 Å². The predicted octanol–water partition coefficient (Wildman–Crippen LogP) is 3.90. The lowest BCUT2D eigenvalue weighted by atomic mass is 10.3. The lowest BCUT2D eigenvalue weighted by Gasteiger charge is -2.09. The Hall–Kier alpha value is -2.86. The Balaban J connectivity index is 1.36. The lowest BCUT2D eigenvalue weighted by Crippen LogP contribution is -2.04. The summed E-state index contributed by atoms with van der Waals surface area (Å²) in [4.78, 5) is 0. The summed E-state index contributed by atoms with van der Waals surface area (Å²) < 4.78 is 5.99. The largest absolute Gasteiger partial charge is 0.457 e. The lowest BCUT2D eigenvalue weighted by molar-refractivity contribution is 0.483. The molecule has 2 atom stereocenters. The van der Waals surface area contributed by atoms with Crippen molar-refractivity contribution >= 4 is 49.8 Å². The summed E-state index contributed by atoms with van der Waals surface area (Å²) >= 11 is 0. The van der Waals surface area contributed by atoms with Crippen molar-refractivity contribution < 1.29 is 4.74 Å². The van der Waals surface area contributed by atoms with Crippen molar-refractivity contribution in [3.8, 4) is 11.5 Å².